The van der Waals surface area contributed by atoms with E-state index in [1.807, 2.05) is 0 Å². The second-order valence-corrected chi connectivity index (χ2v) is 6.94. The third-order valence-corrected chi connectivity index (χ3v) is 4.15. The van der Waals surface area contributed by atoms with Crippen LogP contribution in [0.4, 0.5) is 0 Å². The average molecular weight is 285 g/mol. The van der Waals surface area contributed by atoms with Gasteiger partial charge >= 0.3 is 5.97 Å². The lowest BCUT2D eigenvalue weighted by molar-refractivity contribution is -0.140. The van der Waals surface area contributed by atoms with Crippen molar-refractivity contribution < 1.29 is 19.4 Å². The Hall–Kier alpha value is -0.650. The molecule has 3 atom stereocenters. The standard InChI is InChI=1S/C15H27NO4/c1-15(2,3)20-13(10-4-6-19-7-5-10)11-8-12(14(17)18)16-9-11/h10-13,16H,4-9H2,1-3H3,(H,17,18)/t11-,12+,13?/m1/s1. The van der Waals surface area contributed by atoms with Gasteiger partial charge in [0.15, 0.2) is 0 Å². The van der Waals surface area contributed by atoms with Gasteiger partial charge in [-0.25, -0.2) is 0 Å². The fourth-order valence-corrected chi connectivity index (χ4v) is 3.23. The van der Waals surface area contributed by atoms with Crippen LogP contribution >= 0.6 is 0 Å². The van der Waals surface area contributed by atoms with E-state index < -0.39 is 12.0 Å². The van der Waals surface area contributed by atoms with Crippen molar-refractivity contribution in [2.75, 3.05) is 19.8 Å². The zero-order valence-electron chi connectivity index (χ0n) is 12.7. The number of hydrogen-bond acceptors (Lipinski definition) is 4. The highest BCUT2D eigenvalue weighted by atomic mass is 16.5. The van der Waals surface area contributed by atoms with Crippen LogP contribution in [0.25, 0.3) is 0 Å². The molecule has 0 aromatic rings. The minimum atomic E-state index is -0.756. The number of carboxylic acids is 1. The molecule has 1 unspecified atom stereocenters. The van der Waals surface area contributed by atoms with Gasteiger partial charge in [0.1, 0.15) is 6.04 Å². The molecule has 0 aromatic carbocycles. The van der Waals surface area contributed by atoms with E-state index >= 15 is 0 Å². The van der Waals surface area contributed by atoms with Crippen molar-refractivity contribution in [1.29, 1.82) is 0 Å². The molecule has 0 radical (unpaired) electrons. The highest BCUT2D eigenvalue weighted by molar-refractivity contribution is 5.73. The number of ether oxygens (including phenoxy) is 2. The molecule has 20 heavy (non-hydrogen) atoms. The van der Waals surface area contributed by atoms with Gasteiger partial charge in [0.25, 0.3) is 0 Å². The Morgan fingerprint density at radius 2 is 1.95 bits per heavy atom. The maximum Gasteiger partial charge on any atom is 0.320 e. The van der Waals surface area contributed by atoms with Crippen molar-refractivity contribution in [3.8, 4) is 0 Å². The summed E-state index contributed by atoms with van der Waals surface area (Å²) in [5.41, 5.74) is -0.204. The smallest absolute Gasteiger partial charge is 0.320 e. The predicted molar refractivity (Wildman–Crippen MR) is 75.7 cm³/mol. The van der Waals surface area contributed by atoms with E-state index in [0.717, 1.165) is 32.6 Å². The summed E-state index contributed by atoms with van der Waals surface area (Å²) < 4.78 is 11.7. The molecule has 2 saturated heterocycles. The summed E-state index contributed by atoms with van der Waals surface area (Å²) in [5, 5.41) is 12.2. The number of nitrogens with one attached hydrogen (secondary N) is 1. The highest BCUT2D eigenvalue weighted by Gasteiger charge is 2.40. The van der Waals surface area contributed by atoms with Gasteiger partial charge in [0.2, 0.25) is 0 Å². The highest BCUT2D eigenvalue weighted by Crippen LogP contribution is 2.33. The maximum absolute atomic E-state index is 11.1. The fraction of sp³-hybridized carbons (Fsp3) is 0.933. The van der Waals surface area contributed by atoms with Crippen molar-refractivity contribution >= 4 is 5.97 Å². The lowest BCUT2D eigenvalue weighted by Crippen LogP contribution is -2.41. The topological polar surface area (TPSA) is 67.8 Å². The summed E-state index contributed by atoms with van der Waals surface area (Å²) >= 11 is 0. The molecule has 0 spiro atoms. The molecule has 5 nitrogen and oxygen atoms in total. The Balaban J connectivity index is 2.04. The minimum Gasteiger partial charge on any atom is -0.480 e. The Morgan fingerprint density at radius 3 is 2.45 bits per heavy atom. The molecule has 0 amide bonds. The second-order valence-electron chi connectivity index (χ2n) is 6.94. The molecule has 5 heteroatoms. The Labute approximate surface area is 121 Å². The van der Waals surface area contributed by atoms with Crippen molar-refractivity contribution in [2.24, 2.45) is 11.8 Å². The van der Waals surface area contributed by atoms with Gasteiger partial charge in [-0.2, -0.15) is 0 Å². The van der Waals surface area contributed by atoms with Crippen LogP contribution in [0.15, 0.2) is 0 Å². The molecule has 116 valence electrons. The van der Waals surface area contributed by atoms with Gasteiger partial charge in [0, 0.05) is 19.8 Å². The first-order valence-corrected chi connectivity index (χ1v) is 7.58. The average Bonchev–Trinajstić information content (AvgIpc) is 2.85. The van der Waals surface area contributed by atoms with Crippen LogP contribution in [0.5, 0.6) is 0 Å². The fourth-order valence-electron chi connectivity index (χ4n) is 3.23. The van der Waals surface area contributed by atoms with E-state index in [-0.39, 0.29) is 17.6 Å². The Kier molecular flexibility index (Phi) is 5.04. The third-order valence-electron chi connectivity index (χ3n) is 4.15. The summed E-state index contributed by atoms with van der Waals surface area (Å²) in [7, 11) is 0. The van der Waals surface area contributed by atoms with Crippen LogP contribution in [-0.2, 0) is 14.3 Å². The van der Waals surface area contributed by atoms with E-state index in [0.29, 0.717) is 12.3 Å². The first-order chi connectivity index (χ1) is 9.37. The van der Waals surface area contributed by atoms with Gasteiger partial charge in [-0.15, -0.1) is 0 Å². The monoisotopic (exact) mass is 285 g/mol. The molecular weight excluding hydrogens is 258 g/mol. The molecular formula is C15H27NO4. The SMILES string of the molecule is CC(C)(C)OC(C1CCOCC1)[C@H]1CN[C@H](C(=O)O)C1. The lowest BCUT2D eigenvalue weighted by Gasteiger charge is -2.38. The summed E-state index contributed by atoms with van der Waals surface area (Å²) in [6, 6.07) is -0.425. The van der Waals surface area contributed by atoms with Crippen LogP contribution in [0.3, 0.4) is 0 Å². The molecule has 2 fully saturated rings. The zero-order chi connectivity index (χ0) is 14.8. The zero-order valence-corrected chi connectivity index (χ0v) is 12.7. The molecule has 0 aliphatic carbocycles. The second kappa shape index (κ2) is 6.41. The number of rotatable bonds is 4. The van der Waals surface area contributed by atoms with Crippen molar-refractivity contribution in [1.82, 2.24) is 5.32 Å². The van der Waals surface area contributed by atoms with E-state index in [1.165, 1.54) is 0 Å². The van der Waals surface area contributed by atoms with Gasteiger partial charge in [-0.05, 0) is 51.9 Å². The van der Waals surface area contributed by atoms with Crippen LogP contribution < -0.4 is 5.32 Å². The first kappa shape index (κ1) is 15.7. The van der Waals surface area contributed by atoms with Crippen LogP contribution in [0.2, 0.25) is 0 Å². The van der Waals surface area contributed by atoms with E-state index in [4.69, 9.17) is 14.6 Å². The van der Waals surface area contributed by atoms with Crippen LogP contribution in [0.1, 0.15) is 40.0 Å². The summed E-state index contributed by atoms with van der Waals surface area (Å²) in [6.45, 7) is 8.51. The van der Waals surface area contributed by atoms with Crippen molar-refractivity contribution in [2.45, 2.75) is 57.8 Å². The molecule has 2 N–H and O–H groups in total. The van der Waals surface area contributed by atoms with Gasteiger partial charge in [-0.1, -0.05) is 0 Å². The molecule has 0 bridgehead atoms. The number of aliphatic carboxylic acids is 1. The summed E-state index contributed by atoms with van der Waals surface area (Å²) in [6.07, 6.45) is 2.80. The molecule has 0 aromatic heterocycles. The van der Waals surface area contributed by atoms with E-state index in [2.05, 4.69) is 26.1 Å². The van der Waals surface area contributed by atoms with E-state index in [9.17, 15) is 4.79 Å². The molecule has 2 rings (SSSR count). The number of carbonyl (C=O) groups is 1. The normalized spacial score (nSPS) is 30.4. The van der Waals surface area contributed by atoms with Gasteiger partial charge < -0.3 is 19.9 Å². The quantitative estimate of drug-likeness (QED) is 0.822. The Bertz CT molecular complexity index is 333. The Morgan fingerprint density at radius 1 is 1.30 bits per heavy atom. The van der Waals surface area contributed by atoms with Gasteiger partial charge in [0.05, 0.1) is 11.7 Å². The summed E-state index contributed by atoms with van der Waals surface area (Å²) in [5.74, 6) is -0.00488. The largest absolute Gasteiger partial charge is 0.480 e. The minimum absolute atomic E-state index is 0.121. The van der Waals surface area contributed by atoms with Crippen molar-refractivity contribution in [3.05, 3.63) is 0 Å². The molecule has 2 heterocycles. The van der Waals surface area contributed by atoms with Crippen LogP contribution in [0, 0.1) is 11.8 Å². The van der Waals surface area contributed by atoms with Crippen molar-refractivity contribution in [3.63, 3.8) is 0 Å². The predicted octanol–water partition coefficient (Wildman–Crippen LogP) is 1.66. The van der Waals surface area contributed by atoms with Crippen LogP contribution in [-0.4, -0.2) is 48.6 Å². The van der Waals surface area contributed by atoms with Gasteiger partial charge in [-0.3, -0.25) is 4.79 Å². The number of hydrogen-bond donors (Lipinski definition) is 2. The number of carboxylic acid groups (broad SMARTS) is 1. The molecule has 0 saturated carbocycles. The first-order valence-electron chi connectivity index (χ1n) is 7.58. The van der Waals surface area contributed by atoms with E-state index in [1.54, 1.807) is 0 Å². The molecule has 2 aliphatic heterocycles. The molecule has 2 aliphatic rings. The lowest BCUT2D eigenvalue weighted by atomic mass is 9.84. The summed E-state index contributed by atoms with van der Waals surface area (Å²) in [4.78, 5) is 11.1. The third kappa shape index (κ3) is 4.17. The maximum atomic E-state index is 11.1.